The zero-order valence-electron chi connectivity index (χ0n) is 22.8. The molecule has 0 spiro atoms. The number of nitrogens with zero attached hydrogens (tertiary/aromatic N) is 2. The van der Waals surface area contributed by atoms with E-state index in [1.54, 1.807) is 30.5 Å². The van der Waals surface area contributed by atoms with E-state index in [1.165, 1.54) is 30.0 Å². The minimum atomic E-state index is -0.940. The standard InChI is InChI=1S/C31H27ClF2N4O4/c1-17-4-3-5-26(38-13-11-19(15-27(38)39)28-23(33)9-8-22(32)29(28)34)25-14-18(10-12-35-25)21-7-6-20(36-31(41)42-2)16-24(21)37-30(17)40/h6-17,26H,3-5H2,1-2H3,(H,36,41)(H,37,40). The number of halogens is 3. The van der Waals surface area contributed by atoms with Gasteiger partial charge in [0, 0.05) is 35.6 Å². The number of hydrogen-bond acceptors (Lipinski definition) is 5. The third kappa shape index (κ3) is 5.89. The fourth-order valence-electron chi connectivity index (χ4n) is 5.07. The molecule has 11 heteroatoms. The first-order chi connectivity index (χ1) is 20.2. The van der Waals surface area contributed by atoms with Gasteiger partial charge in [0.25, 0.3) is 5.56 Å². The molecule has 2 bridgehead atoms. The molecule has 1 aliphatic rings. The van der Waals surface area contributed by atoms with Crippen LogP contribution in [-0.4, -0.2) is 28.7 Å². The van der Waals surface area contributed by atoms with Crippen molar-refractivity contribution in [2.24, 2.45) is 5.92 Å². The van der Waals surface area contributed by atoms with Crippen molar-refractivity contribution in [3.05, 3.63) is 99.7 Å². The highest BCUT2D eigenvalue weighted by molar-refractivity contribution is 6.31. The van der Waals surface area contributed by atoms with Gasteiger partial charge in [-0.1, -0.05) is 31.0 Å². The van der Waals surface area contributed by atoms with Crippen molar-refractivity contribution < 1.29 is 23.1 Å². The average molecular weight is 593 g/mol. The van der Waals surface area contributed by atoms with Gasteiger partial charge >= 0.3 is 6.09 Å². The van der Waals surface area contributed by atoms with Gasteiger partial charge < -0.3 is 14.6 Å². The number of carbonyl (C=O) groups excluding carboxylic acids is 2. The van der Waals surface area contributed by atoms with E-state index in [-0.39, 0.29) is 28.0 Å². The van der Waals surface area contributed by atoms with Crippen LogP contribution in [0.3, 0.4) is 0 Å². The van der Waals surface area contributed by atoms with Crippen LogP contribution in [-0.2, 0) is 9.53 Å². The number of benzene rings is 2. The summed E-state index contributed by atoms with van der Waals surface area (Å²) in [6.45, 7) is 1.82. The van der Waals surface area contributed by atoms with E-state index in [0.29, 0.717) is 41.9 Å². The summed E-state index contributed by atoms with van der Waals surface area (Å²) >= 11 is 5.86. The molecular weight excluding hydrogens is 566 g/mol. The van der Waals surface area contributed by atoms with Crippen LogP contribution in [0.15, 0.2) is 71.8 Å². The first kappa shape index (κ1) is 28.9. The Morgan fingerprint density at radius 1 is 1.07 bits per heavy atom. The smallest absolute Gasteiger partial charge is 0.411 e. The zero-order valence-corrected chi connectivity index (χ0v) is 23.5. The SMILES string of the molecule is COC(=O)Nc1ccc2c(c1)NC(=O)C(C)CCCC(n1ccc(-c3c(F)ccc(Cl)c3F)cc1=O)c1cc-2ccn1. The Bertz CT molecular complexity index is 1740. The number of amides is 2. The van der Waals surface area contributed by atoms with Crippen LogP contribution in [0.1, 0.15) is 37.9 Å². The summed E-state index contributed by atoms with van der Waals surface area (Å²) in [5.41, 5.74) is 2.16. The van der Waals surface area contributed by atoms with Gasteiger partial charge in [-0.05, 0) is 66.4 Å². The number of fused-ring (bicyclic) bond motifs is 4. The van der Waals surface area contributed by atoms with Crippen molar-refractivity contribution in [1.29, 1.82) is 0 Å². The summed E-state index contributed by atoms with van der Waals surface area (Å²) in [4.78, 5) is 42.8. The molecule has 8 nitrogen and oxygen atoms in total. The van der Waals surface area contributed by atoms with Crippen molar-refractivity contribution in [3.8, 4) is 22.3 Å². The Balaban J connectivity index is 1.59. The summed E-state index contributed by atoms with van der Waals surface area (Å²) in [6.07, 6.45) is 4.08. The van der Waals surface area contributed by atoms with Crippen LogP contribution in [0.25, 0.3) is 22.3 Å². The minimum Gasteiger partial charge on any atom is -0.453 e. The van der Waals surface area contributed by atoms with Crippen molar-refractivity contribution in [1.82, 2.24) is 9.55 Å². The maximum atomic E-state index is 14.7. The monoisotopic (exact) mass is 592 g/mol. The number of carbonyl (C=O) groups is 2. The third-order valence-electron chi connectivity index (χ3n) is 7.32. The molecule has 4 aromatic rings. The summed E-state index contributed by atoms with van der Waals surface area (Å²) in [7, 11) is 1.26. The highest BCUT2D eigenvalue weighted by atomic mass is 35.5. The molecule has 2 N–H and O–H groups in total. The van der Waals surface area contributed by atoms with Crippen LogP contribution in [0.5, 0.6) is 0 Å². The van der Waals surface area contributed by atoms with Crippen LogP contribution in [0, 0.1) is 17.6 Å². The second-order valence-corrected chi connectivity index (χ2v) is 10.5. The molecule has 0 saturated heterocycles. The van der Waals surface area contributed by atoms with Crippen LogP contribution in [0.2, 0.25) is 5.02 Å². The number of methoxy groups -OCH3 is 1. The molecule has 2 aromatic carbocycles. The van der Waals surface area contributed by atoms with Gasteiger partial charge in [0.05, 0.1) is 35.1 Å². The molecule has 0 fully saturated rings. The Hall–Kier alpha value is -4.57. The van der Waals surface area contributed by atoms with Crippen molar-refractivity contribution in [2.45, 2.75) is 32.2 Å². The van der Waals surface area contributed by atoms with Crippen LogP contribution >= 0.6 is 11.6 Å². The highest BCUT2D eigenvalue weighted by Gasteiger charge is 2.23. The molecule has 2 atom stereocenters. The molecule has 2 aromatic heterocycles. The third-order valence-corrected chi connectivity index (χ3v) is 7.61. The lowest BCUT2D eigenvalue weighted by Gasteiger charge is -2.23. The molecular formula is C31H27ClF2N4O4. The lowest BCUT2D eigenvalue weighted by Crippen LogP contribution is -2.26. The largest absolute Gasteiger partial charge is 0.453 e. The topological polar surface area (TPSA) is 102 Å². The van der Waals surface area contributed by atoms with E-state index in [4.69, 9.17) is 11.6 Å². The van der Waals surface area contributed by atoms with E-state index in [9.17, 15) is 23.2 Å². The van der Waals surface area contributed by atoms with E-state index in [1.807, 2.05) is 13.0 Å². The fraction of sp³-hybridized carbons (Fsp3) is 0.226. The Labute approximate surface area is 245 Å². The maximum Gasteiger partial charge on any atom is 0.411 e. The second kappa shape index (κ2) is 12.1. The normalized spacial score (nSPS) is 16.8. The molecule has 5 rings (SSSR count). The molecule has 2 unspecified atom stereocenters. The van der Waals surface area contributed by atoms with Gasteiger partial charge in [-0.25, -0.2) is 13.6 Å². The van der Waals surface area contributed by atoms with E-state index >= 15 is 0 Å². The molecule has 0 aliphatic carbocycles. The lowest BCUT2D eigenvalue weighted by atomic mass is 9.95. The van der Waals surface area contributed by atoms with Crippen molar-refractivity contribution >= 4 is 35.0 Å². The second-order valence-electron chi connectivity index (χ2n) is 10.1. The molecule has 0 saturated carbocycles. The first-order valence-electron chi connectivity index (χ1n) is 13.3. The van der Waals surface area contributed by atoms with Crippen molar-refractivity contribution in [3.63, 3.8) is 0 Å². The Kier molecular flexibility index (Phi) is 8.35. The van der Waals surface area contributed by atoms with E-state index in [0.717, 1.165) is 17.7 Å². The average Bonchev–Trinajstić information content (AvgIpc) is 2.97. The lowest BCUT2D eigenvalue weighted by molar-refractivity contribution is -0.119. The highest BCUT2D eigenvalue weighted by Crippen LogP contribution is 2.35. The summed E-state index contributed by atoms with van der Waals surface area (Å²) in [5, 5.41) is 5.34. The van der Waals surface area contributed by atoms with E-state index < -0.39 is 29.3 Å². The number of aromatic nitrogens is 2. The molecule has 216 valence electrons. The fourth-order valence-corrected chi connectivity index (χ4v) is 5.23. The van der Waals surface area contributed by atoms with E-state index in [2.05, 4.69) is 20.4 Å². The van der Waals surface area contributed by atoms with Gasteiger partial charge in [-0.15, -0.1) is 0 Å². The van der Waals surface area contributed by atoms with Crippen LogP contribution in [0.4, 0.5) is 25.0 Å². The summed E-state index contributed by atoms with van der Waals surface area (Å²) in [6, 6.07) is 13.0. The van der Waals surface area contributed by atoms with Gasteiger partial charge in [0.1, 0.15) is 5.82 Å². The van der Waals surface area contributed by atoms with Gasteiger partial charge in [0.15, 0.2) is 5.82 Å². The maximum absolute atomic E-state index is 14.7. The predicted molar refractivity (Wildman–Crippen MR) is 157 cm³/mol. The van der Waals surface area contributed by atoms with Crippen molar-refractivity contribution in [2.75, 3.05) is 17.7 Å². The summed E-state index contributed by atoms with van der Waals surface area (Å²) < 4.78 is 35.4. The molecule has 0 radical (unpaired) electrons. The number of hydrogen-bond donors (Lipinski definition) is 2. The number of anilines is 2. The van der Waals surface area contributed by atoms with Gasteiger partial charge in [-0.2, -0.15) is 0 Å². The Morgan fingerprint density at radius 3 is 2.64 bits per heavy atom. The quantitative estimate of drug-likeness (QED) is 0.249. The molecule has 1 aliphatic heterocycles. The first-order valence-corrected chi connectivity index (χ1v) is 13.7. The number of rotatable bonds is 3. The van der Waals surface area contributed by atoms with Gasteiger partial charge in [-0.3, -0.25) is 19.9 Å². The van der Waals surface area contributed by atoms with Crippen LogP contribution < -0.4 is 16.2 Å². The Morgan fingerprint density at radius 2 is 1.88 bits per heavy atom. The predicted octanol–water partition coefficient (Wildman–Crippen LogP) is 7.04. The van der Waals surface area contributed by atoms with Gasteiger partial charge in [0.2, 0.25) is 5.91 Å². The molecule has 42 heavy (non-hydrogen) atoms. The molecule has 2 amide bonds. The minimum absolute atomic E-state index is 0.0687. The number of pyridine rings is 2. The number of ether oxygens (including phenoxy) is 1. The zero-order chi connectivity index (χ0) is 30.0. The summed E-state index contributed by atoms with van der Waals surface area (Å²) in [5.74, 6) is -2.31. The number of nitrogens with one attached hydrogen (secondary N) is 2. The molecule has 3 heterocycles.